The molecule has 0 bridgehead atoms. The zero-order valence-electron chi connectivity index (χ0n) is 11.0. The maximum absolute atomic E-state index is 10.0. The number of hydrogen-bond donors (Lipinski definition) is 1. The number of benzene rings is 1. The smallest absolute Gasteiger partial charge is 0.198 e. The van der Waals surface area contributed by atoms with Gasteiger partial charge in [0.05, 0.1) is 0 Å². The lowest BCUT2D eigenvalue weighted by Crippen LogP contribution is -1.91. The van der Waals surface area contributed by atoms with Crippen molar-refractivity contribution in [3.8, 4) is 5.75 Å². The van der Waals surface area contributed by atoms with E-state index in [9.17, 15) is 5.11 Å². The molecule has 0 amide bonds. The molecule has 0 radical (unpaired) electrons. The summed E-state index contributed by atoms with van der Waals surface area (Å²) in [4.78, 5) is 4.52. The van der Waals surface area contributed by atoms with Crippen molar-refractivity contribution in [2.45, 2.75) is 46.5 Å². The third-order valence-electron chi connectivity index (χ3n) is 2.96. The number of aromatic nitrogens is 1. The quantitative estimate of drug-likeness (QED) is 0.849. The SMILES string of the molecule is Cc1cc(O)c(C(C)C)c2oc(C(C)C)nc12. The first-order chi connectivity index (χ1) is 7.91. The Bertz CT molecular complexity index is 553. The zero-order valence-corrected chi connectivity index (χ0v) is 11.0. The second-order valence-electron chi connectivity index (χ2n) is 5.17. The molecule has 0 saturated carbocycles. The van der Waals surface area contributed by atoms with Crippen molar-refractivity contribution in [2.75, 3.05) is 0 Å². The van der Waals surface area contributed by atoms with Gasteiger partial charge in [-0.1, -0.05) is 27.7 Å². The summed E-state index contributed by atoms with van der Waals surface area (Å²) in [5.41, 5.74) is 3.42. The van der Waals surface area contributed by atoms with Crippen LogP contribution in [0.25, 0.3) is 11.1 Å². The second-order valence-corrected chi connectivity index (χ2v) is 5.17. The first-order valence-corrected chi connectivity index (χ1v) is 6.04. The van der Waals surface area contributed by atoms with Crippen LogP contribution in [0.15, 0.2) is 10.5 Å². The van der Waals surface area contributed by atoms with E-state index in [0.717, 1.165) is 28.1 Å². The molecule has 0 unspecified atom stereocenters. The summed E-state index contributed by atoms with van der Waals surface area (Å²) in [6, 6.07) is 1.77. The van der Waals surface area contributed by atoms with E-state index in [1.54, 1.807) is 6.07 Å². The summed E-state index contributed by atoms with van der Waals surface area (Å²) in [5.74, 6) is 1.50. The first-order valence-electron chi connectivity index (χ1n) is 6.04. The molecule has 2 aromatic rings. The van der Waals surface area contributed by atoms with Gasteiger partial charge in [-0.2, -0.15) is 0 Å². The Hall–Kier alpha value is -1.51. The highest BCUT2D eigenvalue weighted by molar-refractivity contribution is 5.83. The molecular weight excluding hydrogens is 214 g/mol. The topological polar surface area (TPSA) is 46.3 Å². The van der Waals surface area contributed by atoms with Crippen molar-refractivity contribution in [1.29, 1.82) is 0 Å². The molecule has 0 saturated heterocycles. The van der Waals surface area contributed by atoms with Crippen LogP contribution in [0.1, 0.15) is 56.5 Å². The van der Waals surface area contributed by atoms with Crippen LogP contribution in [-0.2, 0) is 0 Å². The number of rotatable bonds is 2. The minimum Gasteiger partial charge on any atom is -0.508 e. The van der Waals surface area contributed by atoms with E-state index in [4.69, 9.17) is 4.42 Å². The molecule has 1 aromatic carbocycles. The highest BCUT2D eigenvalue weighted by atomic mass is 16.4. The zero-order chi connectivity index (χ0) is 12.7. The van der Waals surface area contributed by atoms with E-state index in [1.165, 1.54) is 0 Å². The average molecular weight is 233 g/mol. The van der Waals surface area contributed by atoms with Crippen LogP contribution in [-0.4, -0.2) is 10.1 Å². The summed E-state index contributed by atoms with van der Waals surface area (Å²) < 4.78 is 5.81. The van der Waals surface area contributed by atoms with Crippen LogP contribution in [0.4, 0.5) is 0 Å². The van der Waals surface area contributed by atoms with E-state index in [0.29, 0.717) is 5.75 Å². The predicted molar refractivity (Wildman–Crippen MR) is 68.6 cm³/mol. The molecule has 0 aliphatic rings. The molecule has 0 aliphatic carbocycles. The van der Waals surface area contributed by atoms with Crippen molar-refractivity contribution in [2.24, 2.45) is 0 Å². The van der Waals surface area contributed by atoms with Crippen molar-refractivity contribution in [3.63, 3.8) is 0 Å². The number of aryl methyl sites for hydroxylation is 1. The van der Waals surface area contributed by atoms with Crippen LogP contribution >= 0.6 is 0 Å². The van der Waals surface area contributed by atoms with E-state index in [1.807, 2.05) is 20.8 Å². The summed E-state index contributed by atoms with van der Waals surface area (Å²) in [5, 5.41) is 10.0. The lowest BCUT2D eigenvalue weighted by molar-refractivity contribution is 0.458. The number of hydrogen-bond acceptors (Lipinski definition) is 3. The van der Waals surface area contributed by atoms with E-state index in [-0.39, 0.29) is 11.8 Å². The van der Waals surface area contributed by atoms with Crippen molar-refractivity contribution >= 4 is 11.1 Å². The standard InChI is InChI=1S/C14H19NO2/c1-7(2)11-10(16)6-9(5)12-13(11)17-14(15-12)8(3)4/h6-8,16H,1-5H3. The fraction of sp³-hybridized carbons (Fsp3) is 0.500. The second kappa shape index (κ2) is 4.06. The van der Waals surface area contributed by atoms with E-state index < -0.39 is 0 Å². The van der Waals surface area contributed by atoms with Crippen molar-refractivity contribution in [3.05, 3.63) is 23.1 Å². The van der Waals surface area contributed by atoms with Crippen LogP contribution in [0.3, 0.4) is 0 Å². The van der Waals surface area contributed by atoms with Crippen LogP contribution in [0.5, 0.6) is 5.75 Å². The van der Waals surface area contributed by atoms with Crippen LogP contribution in [0.2, 0.25) is 0 Å². The van der Waals surface area contributed by atoms with Crippen molar-refractivity contribution < 1.29 is 9.52 Å². The monoisotopic (exact) mass is 233 g/mol. The van der Waals surface area contributed by atoms with Crippen LogP contribution < -0.4 is 0 Å². The van der Waals surface area contributed by atoms with Crippen molar-refractivity contribution in [1.82, 2.24) is 4.98 Å². The summed E-state index contributed by atoms with van der Waals surface area (Å²) in [6.45, 7) is 10.1. The lowest BCUT2D eigenvalue weighted by Gasteiger charge is -2.09. The Balaban J connectivity index is 2.81. The van der Waals surface area contributed by atoms with E-state index >= 15 is 0 Å². The van der Waals surface area contributed by atoms with Gasteiger partial charge in [0.15, 0.2) is 11.5 Å². The third-order valence-corrected chi connectivity index (χ3v) is 2.96. The number of phenols is 1. The molecule has 1 aromatic heterocycles. The normalized spacial score (nSPS) is 11.9. The highest BCUT2D eigenvalue weighted by Crippen LogP contribution is 2.36. The van der Waals surface area contributed by atoms with Gasteiger partial charge in [-0.25, -0.2) is 4.98 Å². The molecule has 1 heterocycles. The summed E-state index contributed by atoms with van der Waals surface area (Å²) in [6.07, 6.45) is 0. The molecule has 3 heteroatoms. The summed E-state index contributed by atoms with van der Waals surface area (Å²) in [7, 11) is 0. The first kappa shape index (κ1) is 12.0. The van der Waals surface area contributed by atoms with Gasteiger partial charge >= 0.3 is 0 Å². The third kappa shape index (κ3) is 1.90. The minimum atomic E-state index is 0.214. The molecule has 17 heavy (non-hydrogen) atoms. The van der Waals surface area contributed by atoms with Gasteiger partial charge in [0.2, 0.25) is 0 Å². The Morgan fingerprint density at radius 3 is 2.35 bits per heavy atom. The van der Waals surface area contributed by atoms with Gasteiger partial charge in [-0.05, 0) is 24.5 Å². The molecule has 0 spiro atoms. The number of aromatic hydroxyl groups is 1. The van der Waals surface area contributed by atoms with Gasteiger partial charge in [-0.3, -0.25) is 0 Å². The van der Waals surface area contributed by atoms with E-state index in [2.05, 4.69) is 18.8 Å². The fourth-order valence-electron chi connectivity index (χ4n) is 2.06. The number of nitrogens with zero attached hydrogens (tertiary/aromatic N) is 1. The summed E-state index contributed by atoms with van der Waals surface area (Å²) >= 11 is 0. The number of fused-ring (bicyclic) bond motifs is 1. The molecule has 2 rings (SSSR count). The molecular formula is C14H19NO2. The highest BCUT2D eigenvalue weighted by Gasteiger charge is 2.19. The Morgan fingerprint density at radius 2 is 1.82 bits per heavy atom. The maximum atomic E-state index is 10.0. The Morgan fingerprint density at radius 1 is 1.18 bits per heavy atom. The Kier molecular flexibility index (Phi) is 2.86. The van der Waals surface area contributed by atoms with Gasteiger partial charge in [-0.15, -0.1) is 0 Å². The minimum absolute atomic E-state index is 0.214. The Labute approximate surface area is 101 Å². The maximum Gasteiger partial charge on any atom is 0.198 e. The molecule has 92 valence electrons. The molecule has 0 atom stereocenters. The predicted octanol–water partition coefficient (Wildman–Crippen LogP) is 4.09. The lowest BCUT2D eigenvalue weighted by atomic mass is 9.99. The van der Waals surface area contributed by atoms with Crippen LogP contribution in [0, 0.1) is 6.92 Å². The number of phenolic OH excluding ortho intramolecular Hbond substituents is 1. The molecule has 1 N–H and O–H groups in total. The molecule has 0 fully saturated rings. The van der Waals surface area contributed by atoms with Gasteiger partial charge in [0.25, 0.3) is 0 Å². The van der Waals surface area contributed by atoms with Gasteiger partial charge < -0.3 is 9.52 Å². The van der Waals surface area contributed by atoms with Gasteiger partial charge in [0.1, 0.15) is 11.3 Å². The largest absolute Gasteiger partial charge is 0.508 e. The molecule has 3 nitrogen and oxygen atoms in total. The molecule has 0 aliphatic heterocycles. The van der Waals surface area contributed by atoms with Gasteiger partial charge in [0, 0.05) is 11.5 Å². The fourth-order valence-corrected chi connectivity index (χ4v) is 2.06. The average Bonchev–Trinajstić information content (AvgIpc) is 2.61. The number of oxazole rings is 1.